The van der Waals surface area contributed by atoms with Crippen molar-refractivity contribution in [3.8, 4) is 11.5 Å². The highest BCUT2D eigenvalue weighted by atomic mass is 16.5. The Balaban J connectivity index is 2.15. The van der Waals surface area contributed by atoms with Crippen LogP contribution in [0, 0.1) is 0 Å². The Morgan fingerprint density at radius 2 is 2.00 bits per heavy atom. The van der Waals surface area contributed by atoms with E-state index in [1.807, 2.05) is 25.1 Å². The van der Waals surface area contributed by atoms with E-state index in [4.69, 9.17) is 9.47 Å². The van der Waals surface area contributed by atoms with Gasteiger partial charge in [-0.25, -0.2) is 0 Å². The molecular formula is C16H25NO3. The van der Waals surface area contributed by atoms with Crippen molar-refractivity contribution in [2.45, 2.75) is 44.2 Å². The molecule has 20 heavy (non-hydrogen) atoms. The Labute approximate surface area is 121 Å². The van der Waals surface area contributed by atoms with E-state index in [1.54, 1.807) is 14.2 Å². The third-order valence-corrected chi connectivity index (χ3v) is 4.06. The van der Waals surface area contributed by atoms with Crippen molar-refractivity contribution in [1.29, 1.82) is 0 Å². The molecular weight excluding hydrogens is 254 g/mol. The molecule has 0 amide bonds. The molecule has 0 bridgehead atoms. The lowest BCUT2D eigenvalue weighted by Crippen LogP contribution is -2.39. The van der Waals surface area contributed by atoms with Crippen LogP contribution in [0.3, 0.4) is 0 Å². The lowest BCUT2D eigenvalue weighted by atomic mass is 9.86. The van der Waals surface area contributed by atoms with Crippen molar-refractivity contribution >= 4 is 0 Å². The molecule has 0 spiro atoms. The molecule has 1 aliphatic rings. The van der Waals surface area contributed by atoms with Crippen molar-refractivity contribution < 1.29 is 14.6 Å². The van der Waals surface area contributed by atoms with Crippen LogP contribution in [-0.2, 0) is 5.60 Å². The van der Waals surface area contributed by atoms with Gasteiger partial charge in [-0.05, 0) is 50.4 Å². The van der Waals surface area contributed by atoms with Crippen LogP contribution in [0.5, 0.6) is 11.5 Å². The normalized spacial score (nSPS) is 22.1. The summed E-state index contributed by atoms with van der Waals surface area (Å²) in [6, 6.07) is 6.00. The molecule has 1 fully saturated rings. The number of methoxy groups -OCH3 is 2. The molecule has 1 aromatic carbocycles. The van der Waals surface area contributed by atoms with Crippen molar-refractivity contribution in [3.05, 3.63) is 23.8 Å². The Bertz CT molecular complexity index is 439. The van der Waals surface area contributed by atoms with Crippen molar-refractivity contribution in [3.63, 3.8) is 0 Å². The van der Waals surface area contributed by atoms with Crippen LogP contribution in [0.25, 0.3) is 0 Å². The smallest absolute Gasteiger partial charge is 0.161 e. The molecule has 4 heteroatoms. The lowest BCUT2D eigenvalue weighted by molar-refractivity contribution is 0.0330. The van der Waals surface area contributed by atoms with Gasteiger partial charge in [-0.15, -0.1) is 0 Å². The van der Waals surface area contributed by atoms with Gasteiger partial charge in [0.1, 0.15) is 0 Å². The largest absolute Gasteiger partial charge is 0.493 e. The topological polar surface area (TPSA) is 50.7 Å². The second-order valence-corrected chi connectivity index (χ2v) is 5.69. The molecule has 2 unspecified atom stereocenters. The lowest BCUT2D eigenvalue weighted by Gasteiger charge is -2.32. The fourth-order valence-corrected chi connectivity index (χ4v) is 2.87. The summed E-state index contributed by atoms with van der Waals surface area (Å²) in [6.45, 7) is 2.91. The zero-order valence-electron chi connectivity index (χ0n) is 12.6. The minimum atomic E-state index is -0.867. The first-order valence-corrected chi connectivity index (χ1v) is 7.25. The predicted octanol–water partition coefficient (Wildman–Crippen LogP) is 2.44. The Morgan fingerprint density at radius 3 is 2.60 bits per heavy atom. The first-order valence-electron chi connectivity index (χ1n) is 7.25. The molecule has 112 valence electrons. The van der Waals surface area contributed by atoms with Gasteiger partial charge in [-0.3, -0.25) is 0 Å². The molecule has 1 aliphatic heterocycles. The van der Waals surface area contributed by atoms with Crippen LogP contribution >= 0.6 is 0 Å². The minimum Gasteiger partial charge on any atom is -0.493 e. The number of piperidine rings is 1. The standard InChI is InChI=1S/C16H25NO3/c1-16(18,11-13-6-4-5-9-17-13)12-7-8-14(19-2)15(10-12)20-3/h7-8,10,13,17-18H,4-6,9,11H2,1-3H3. The van der Waals surface area contributed by atoms with Gasteiger partial charge in [-0.2, -0.15) is 0 Å². The Morgan fingerprint density at radius 1 is 1.25 bits per heavy atom. The average molecular weight is 279 g/mol. The number of benzene rings is 1. The molecule has 4 nitrogen and oxygen atoms in total. The maximum atomic E-state index is 10.8. The quantitative estimate of drug-likeness (QED) is 0.869. The van der Waals surface area contributed by atoms with Gasteiger partial charge < -0.3 is 19.9 Å². The van der Waals surface area contributed by atoms with Gasteiger partial charge in [-0.1, -0.05) is 12.5 Å². The van der Waals surface area contributed by atoms with Crippen LogP contribution in [0.2, 0.25) is 0 Å². The molecule has 2 rings (SSSR count). The highest BCUT2D eigenvalue weighted by molar-refractivity contribution is 5.44. The summed E-state index contributed by atoms with van der Waals surface area (Å²) in [5.41, 5.74) is -0.00306. The summed E-state index contributed by atoms with van der Waals surface area (Å²) in [7, 11) is 3.22. The summed E-state index contributed by atoms with van der Waals surface area (Å²) in [4.78, 5) is 0. The molecule has 2 atom stereocenters. The predicted molar refractivity (Wildman–Crippen MR) is 79.4 cm³/mol. The van der Waals surface area contributed by atoms with E-state index >= 15 is 0 Å². The summed E-state index contributed by atoms with van der Waals surface area (Å²) >= 11 is 0. The van der Waals surface area contributed by atoms with Crippen molar-refractivity contribution in [1.82, 2.24) is 5.32 Å². The van der Waals surface area contributed by atoms with E-state index in [-0.39, 0.29) is 0 Å². The second-order valence-electron chi connectivity index (χ2n) is 5.69. The van der Waals surface area contributed by atoms with Crippen LogP contribution in [0.15, 0.2) is 18.2 Å². The fraction of sp³-hybridized carbons (Fsp3) is 0.625. The van der Waals surface area contributed by atoms with E-state index < -0.39 is 5.60 Å². The van der Waals surface area contributed by atoms with E-state index in [0.29, 0.717) is 24.0 Å². The Hall–Kier alpha value is -1.26. The molecule has 0 aromatic heterocycles. The molecule has 0 aliphatic carbocycles. The fourth-order valence-electron chi connectivity index (χ4n) is 2.87. The maximum absolute atomic E-state index is 10.8. The highest BCUT2D eigenvalue weighted by Gasteiger charge is 2.29. The number of hydrogen-bond donors (Lipinski definition) is 2. The third kappa shape index (κ3) is 3.44. The average Bonchev–Trinajstić information content (AvgIpc) is 2.47. The van der Waals surface area contributed by atoms with E-state index in [0.717, 1.165) is 18.5 Å². The van der Waals surface area contributed by atoms with Gasteiger partial charge >= 0.3 is 0 Å². The summed E-state index contributed by atoms with van der Waals surface area (Å²) in [5.74, 6) is 1.34. The number of nitrogens with one attached hydrogen (secondary N) is 1. The molecule has 2 N–H and O–H groups in total. The second kappa shape index (κ2) is 6.46. The first kappa shape index (κ1) is 15.1. The van der Waals surface area contributed by atoms with Gasteiger partial charge in [0.2, 0.25) is 0 Å². The number of aliphatic hydroxyl groups is 1. The van der Waals surface area contributed by atoms with E-state index in [1.165, 1.54) is 12.8 Å². The van der Waals surface area contributed by atoms with Crippen LogP contribution < -0.4 is 14.8 Å². The summed E-state index contributed by atoms with van der Waals surface area (Å²) in [6.07, 6.45) is 4.31. The number of ether oxygens (including phenoxy) is 2. The molecule has 0 radical (unpaired) electrons. The molecule has 1 heterocycles. The van der Waals surface area contributed by atoms with Gasteiger partial charge in [0.05, 0.1) is 19.8 Å². The SMILES string of the molecule is COc1ccc(C(C)(O)CC2CCCCN2)cc1OC. The van der Waals surface area contributed by atoms with Crippen LogP contribution in [-0.4, -0.2) is 31.9 Å². The maximum Gasteiger partial charge on any atom is 0.161 e. The van der Waals surface area contributed by atoms with E-state index in [9.17, 15) is 5.11 Å². The Kier molecular flexibility index (Phi) is 4.89. The zero-order valence-corrected chi connectivity index (χ0v) is 12.6. The number of rotatable bonds is 5. The van der Waals surface area contributed by atoms with Crippen molar-refractivity contribution in [2.24, 2.45) is 0 Å². The van der Waals surface area contributed by atoms with Crippen LogP contribution in [0.4, 0.5) is 0 Å². The molecule has 0 saturated carbocycles. The van der Waals surface area contributed by atoms with Crippen LogP contribution in [0.1, 0.15) is 38.2 Å². The monoisotopic (exact) mass is 279 g/mol. The zero-order chi connectivity index (χ0) is 14.6. The highest BCUT2D eigenvalue weighted by Crippen LogP contribution is 2.35. The molecule has 1 aromatic rings. The van der Waals surface area contributed by atoms with Gasteiger partial charge in [0.15, 0.2) is 11.5 Å². The minimum absolute atomic E-state index is 0.381. The first-order chi connectivity index (χ1) is 9.56. The van der Waals surface area contributed by atoms with Crippen molar-refractivity contribution in [2.75, 3.05) is 20.8 Å². The summed E-state index contributed by atoms with van der Waals surface area (Å²) < 4.78 is 10.5. The third-order valence-electron chi connectivity index (χ3n) is 4.06. The number of hydrogen-bond acceptors (Lipinski definition) is 4. The van der Waals surface area contributed by atoms with E-state index in [2.05, 4.69) is 5.32 Å². The van der Waals surface area contributed by atoms with Gasteiger partial charge in [0.25, 0.3) is 0 Å². The van der Waals surface area contributed by atoms with Gasteiger partial charge in [0, 0.05) is 6.04 Å². The molecule has 1 saturated heterocycles. The summed E-state index contributed by atoms with van der Waals surface area (Å²) in [5, 5.41) is 14.3.